The van der Waals surface area contributed by atoms with Gasteiger partial charge in [0.05, 0.1) is 26.4 Å². The van der Waals surface area contributed by atoms with Crippen molar-refractivity contribution in [3.05, 3.63) is 0 Å². The van der Waals surface area contributed by atoms with Crippen molar-refractivity contribution in [1.82, 2.24) is 0 Å². The lowest BCUT2D eigenvalue weighted by Gasteiger charge is -2.21. The highest BCUT2D eigenvalue weighted by Gasteiger charge is 2.30. The molecule has 19 heteroatoms. The Morgan fingerprint density at radius 3 is 0.621 bits per heavy atom. The second kappa shape index (κ2) is 70.5. The van der Waals surface area contributed by atoms with Crippen LogP contribution in [-0.4, -0.2) is 96.7 Å². The van der Waals surface area contributed by atoms with Crippen LogP contribution in [0.5, 0.6) is 0 Å². The molecule has 0 aliphatic rings. The molecule has 0 aromatic heterocycles. The average Bonchev–Trinajstić information content (AvgIpc) is 1.74. The van der Waals surface area contributed by atoms with Crippen LogP contribution >= 0.6 is 15.6 Å². The number of aliphatic hydroxyl groups excluding tert-OH is 1. The molecule has 0 saturated carbocycles. The molecule has 2 unspecified atom stereocenters. The first kappa shape index (κ1) is 93.1. The maximum absolute atomic E-state index is 13.1. The summed E-state index contributed by atoms with van der Waals surface area (Å²) in [5.41, 5.74) is 0. The number of ether oxygens (including phenoxy) is 4. The summed E-state index contributed by atoms with van der Waals surface area (Å²) in [4.78, 5) is 72.7. The Labute approximate surface area is 581 Å². The first-order valence-electron chi connectivity index (χ1n) is 39.8. The van der Waals surface area contributed by atoms with Crippen molar-refractivity contribution in [3.63, 3.8) is 0 Å². The van der Waals surface area contributed by atoms with Crippen LogP contribution in [0.3, 0.4) is 0 Å². The van der Waals surface area contributed by atoms with Gasteiger partial charge in [0.1, 0.15) is 19.3 Å². The minimum atomic E-state index is -4.96. The number of aliphatic hydroxyl groups is 1. The molecule has 5 atom stereocenters. The zero-order valence-corrected chi connectivity index (χ0v) is 63.4. The topological polar surface area (TPSA) is 237 Å². The lowest BCUT2D eigenvalue weighted by Crippen LogP contribution is -2.30. The van der Waals surface area contributed by atoms with Gasteiger partial charge < -0.3 is 33.8 Å². The Hall–Kier alpha value is -1.94. The fourth-order valence-electron chi connectivity index (χ4n) is 11.8. The summed E-state index contributed by atoms with van der Waals surface area (Å²) in [6.45, 7) is 4.96. The highest BCUT2D eigenvalue weighted by atomic mass is 31.2. The summed E-state index contributed by atoms with van der Waals surface area (Å²) in [7, 11) is -9.90. The van der Waals surface area contributed by atoms with Gasteiger partial charge in [0.15, 0.2) is 12.2 Å². The average molecular weight is 1400 g/mol. The molecule has 0 rings (SSSR count). The van der Waals surface area contributed by atoms with Crippen LogP contribution in [0.4, 0.5) is 0 Å². The number of phosphoric ester groups is 2. The summed E-state index contributed by atoms with van der Waals surface area (Å²) in [6, 6.07) is 0. The van der Waals surface area contributed by atoms with E-state index in [4.69, 9.17) is 37.0 Å². The fraction of sp³-hybridized carbons (Fsp3) is 0.947. The monoisotopic (exact) mass is 1400 g/mol. The maximum Gasteiger partial charge on any atom is 0.472 e. The molecule has 0 radical (unpaired) electrons. The number of esters is 4. The van der Waals surface area contributed by atoms with Gasteiger partial charge in [-0.1, -0.05) is 355 Å². The van der Waals surface area contributed by atoms with Crippen LogP contribution in [0, 0.1) is 0 Å². The Morgan fingerprint density at radius 2 is 0.421 bits per heavy atom. The zero-order chi connectivity index (χ0) is 69.7. The standard InChI is InChI=1S/C76H148O17P2/c1-5-9-13-17-21-25-28-30-32-33-34-35-36-37-39-41-43-47-51-55-59-63-76(81)93-72(67-87-74(79)61-57-53-49-46-42-40-38-31-29-26-22-18-14-10-6-2)69-91-95(84,85)89-65-70(77)64-88-94(82,83)90-68-71(66-86-73(78)60-56-52-48-44-24-20-16-12-8-4)92-75(80)62-58-54-50-45-27-23-19-15-11-7-3/h70-72,77H,5-69H2,1-4H3,(H,82,83)(H,84,85)/t70-,71+,72+/m0/s1. The van der Waals surface area contributed by atoms with Crippen LogP contribution in [0.15, 0.2) is 0 Å². The molecular formula is C76H148O17P2. The van der Waals surface area contributed by atoms with E-state index in [0.717, 1.165) is 89.9 Å². The third kappa shape index (κ3) is 70.3. The Bertz CT molecular complexity index is 1810. The highest BCUT2D eigenvalue weighted by Crippen LogP contribution is 2.45. The Balaban J connectivity index is 5.17. The first-order chi connectivity index (χ1) is 46.2. The lowest BCUT2D eigenvalue weighted by molar-refractivity contribution is -0.161. The van der Waals surface area contributed by atoms with Crippen LogP contribution in [0.1, 0.15) is 407 Å². The van der Waals surface area contributed by atoms with Gasteiger partial charge in [-0.2, -0.15) is 0 Å². The summed E-state index contributed by atoms with van der Waals surface area (Å²) in [5, 5.41) is 10.6. The van der Waals surface area contributed by atoms with Crippen molar-refractivity contribution < 1.29 is 80.2 Å². The number of carbonyl (C=O) groups excluding carboxylic acids is 4. The number of carbonyl (C=O) groups is 4. The number of rotatable bonds is 77. The summed E-state index contributed by atoms with van der Waals surface area (Å²) in [6.07, 6.45) is 61.1. The smallest absolute Gasteiger partial charge is 0.462 e. The second-order valence-electron chi connectivity index (χ2n) is 27.4. The third-order valence-electron chi connectivity index (χ3n) is 17.9. The summed E-state index contributed by atoms with van der Waals surface area (Å²) < 4.78 is 68.4. The van der Waals surface area contributed by atoms with Gasteiger partial charge in [0.2, 0.25) is 0 Å². The molecule has 0 aromatic carbocycles. The third-order valence-corrected chi connectivity index (χ3v) is 19.8. The molecule has 0 aromatic rings. The minimum Gasteiger partial charge on any atom is -0.462 e. The van der Waals surface area contributed by atoms with Crippen molar-refractivity contribution in [2.24, 2.45) is 0 Å². The molecule has 0 fully saturated rings. The molecule has 0 saturated heterocycles. The number of hydrogen-bond acceptors (Lipinski definition) is 15. The predicted octanol–water partition coefficient (Wildman–Crippen LogP) is 22.6. The molecule has 0 spiro atoms. The predicted molar refractivity (Wildman–Crippen MR) is 386 cm³/mol. The lowest BCUT2D eigenvalue weighted by atomic mass is 10.0. The van der Waals surface area contributed by atoms with Crippen molar-refractivity contribution >= 4 is 39.5 Å². The molecule has 3 N–H and O–H groups in total. The molecule has 0 bridgehead atoms. The van der Waals surface area contributed by atoms with Gasteiger partial charge in [0.25, 0.3) is 0 Å². The number of phosphoric acid groups is 2. The summed E-state index contributed by atoms with van der Waals surface area (Å²) in [5.74, 6) is -2.11. The molecule has 0 heterocycles. The highest BCUT2D eigenvalue weighted by molar-refractivity contribution is 7.47. The summed E-state index contributed by atoms with van der Waals surface area (Å²) >= 11 is 0. The van der Waals surface area contributed by atoms with Gasteiger partial charge in [-0.05, 0) is 25.7 Å². The van der Waals surface area contributed by atoms with Gasteiger partial charge in [-0.25, -0.2) is 9.13 Å². The van der Waals surface area contributed by atoms with Crippen LogP contribution in [-0.2, 0) is 65.4 Å². The number of hydrogen-bond donors (Lipinski definition) is 3. The molecule has 95 heavy (non-hydrogen) atoms. The van der Waals surface area contributed by atoms with Crippen molar-refractivity contribution in [3.8, 4) is 0 Å². The van der Waals surface area contributed by atoms with Gasteiger partial charge in [-0.15, -0.1) is 0 Å². The van der Waals surface area contributed by atoms with Gasteiger partial charge in [-0.3, -0.25) is 37.3 Å². The van der Waals surface area contributed by atoms with E-state index in [1.807, 2.05) is 0 Å². The molecule has 564 valence electrons. The molecular weight excluding hydrogens is 1250 g/mol. The molecule has 17 nitrogen and oxygen atoms in total. The van der Waals surface area contributed by atoms with E-state index in [9.17, 15) is 43.2 Å². The van der Waals surface area contributed by atoms with E-state index in [0.29, 0.717) is 25.7 Å². The van der Waals surface area contributed by atoms with Crippen molar-refractivity contribution in [2.75, 3.05) is 39.6 Å². The van der Waals surface area contributed by atoms with E-state index in [2.05, 4.69) is 27.7 Å². The molecule has 0 aliphatic heterocycles. The van der Waals surface area contributed by atoms with Gasteiger partial charge >= 0.3 is 39.5 Å². The van der Waals surface area contributed by atoms with E-state index >= 15 is 0 Å². The normalized spacial score (nSPS) is 13.9. The zero-order valence-electron chi connectivity index (χ0n) is 61.6. The fourth-order valence-corrected chi connectivity index (χ4v) is 13.3. The first-order valence-corrected chi connectivity index (χ1v) is 42.8. The van der Waals surface area contributed by atoms with Crippen molar-refractivity contribution in [2.45, 2.75) is 425 Å². The van der Waals surface area contributed by atoms with E-state index < -0.39 is 97.5 Å². The molecule has 0 aliphatic carbocycles. The quantitative estimate of drug-likeness (QED) is 0.0222. The Morgan fingerprint density at radius 1 is 0.253 bits per heavy atom. The van der Waals surface area contributed by atoms with Gasteiger partial charge in [0, 0.05) is 25.7 Å². The van der Waals surface area contributed by atoms with E-state index in [1.165, 1.54) is 238 Å². The maximum atomic E-state index is 13.1. The molecule has 0 amide bonds. The van der Waals surface area contributed by atoms with Crippen molar-refractivity contribution in [1.29, 1.82) is 0 Å². The van der Waals surface area contributed by atoms with E-state index in [-0.39, 0.29) is 25.7 Å². The van der Waals surface area contributed by atoms with Crippen LogP contribution in [0.2, 0.25) is 0 Å². The van der Waals surface area contributed by atoms with Crippen LogP contribution < -0.4 is 0 Å². The van der Waals surface area contributed by atoms with E-state index in [1.54, 1.807) is 0 Å². The Kier molecular flexibility index (Phi) is 69.1. The SMILES string of the molecule is CCCCCCCCCCCCCCCCCCCCCCCC(=O)O[C@H](COC(=O)CCCCCCCCCCCCCCCCC)COP(=O)(O)OC[C@@H](O)COP(=O)(O)OC[C@@H](COC(=O)CCCCCCCCCCC)OC(=O)CCCCCCCCCCCC. The number of unbranched alkanes of at least 4 members (excludes halogenated alkanes) is 51. The van der Waals surface area contributed by atoms with Crippen LogP contribution in [0.25, 0.3) is 0 Å². The largest absolute Gasteiger partial charge is 0.472 e. The second-order valence-corrected chi connectivity index (χ2v) is 30.3. The minimum absolute atomic E-state index is 0.107.